The van der Waals surface area contributed by atoms with Crippen LogP contribution in [0.5, 0.6) is 6.01 Å². The number of nitrogens with two attached hydrogens (primary N) is 1. The smallest absolute Gasteiger partial charge is 0.296 e. The molecule has 24 heavy (non-hydrogen) atoms. The largest absolute Gasteiger partial charge is 0.480 e. The van der Waals surface area contributed by atoms with E-state index >= 15 is 0 Å². The van der Waals surface area contributed by atoms with Gasteiger partial charge in [0.05, 0.1) is 10.5 Å². The molecule has 3 N–H and O–H groups in total. The number of aromatic hydroxyl groups is 1. The quantitative estimate of drug-likeness (QED) is 0.660. The molecule has 6 heteroatoms. The van der Waals surface area contributed by atoms with Crippen LogP contribution in [0, 0.1) is 0 Å². The van der Waals surface area contributed by atoms with Gasteiger partial charge in [0.1, 0.15) is 0 Å². The highest BCUT2D eigenvalue weighted by molar-refractivity contribution is 6.34. The standard InChI is InChI=1S/C18H21ClN4O/c1-2-3-4-9-23-16-15(13-7-5-12(10-20)6-8-13)14(19)11-21-17(16)22-18(23)24/h5-8,11H,2-4,9-10,20H2,1H3,(H,21,22,24). The van der Waals surface area contributed by atoms with Crippen molar-refractivity contribution in [3.05, 3.63) is 41.0 Å². The van der Waals surface area contributed by atoms with E-state index in [-0.39, 0.29) is 6.01 Å². The zero-order valence-corrected chi connectivity index (χ0v) is 14.4. The molecule has 0 radical (unpaired) electrons. The monoisotopic (exact) mass is 344 g/mol. The third kappa shape index (κ3) is 3.09. The normalized spacial score (nSPS) is 11.3. The Bertz CT molecular complexity index is 842. The second kappa shape index (κ2) is 7.20. The summed E-state index contributed by atoms with van der Waals surface area (Å²) in [7, 11) is 0. The van der Waals surface area contributed by atoms with Gasteiger partial charge in [-0.25, -0.2) is 4.98 Å². The maximum atomic E-state index is 10.2. The van der Waals surface area contributed by atoms with Crippen molar-refractivity contribution >= 4 is 22.8 Å². The number of hydrogen-bond acceptors (Lipinski definition) is 4. The van der Waals surface area contributed by atoms with Crippen LogP contribution in [0.25, 0.3) is 22.3 Å². The first-order valence-corrected chi connectivity index (χ1v) is 8.56. The number of benzene rings is 1. The van der Waals surface area contributed by atoms with Gasteiger partial charge in [-0.1, -0.05) is 55.6 Å². The molecular weight excluding hydrogens is 324 g/mol. The summed E-state index contributed by atoms with van der Waals surface area (Å²) in [6.07, 6.45) is 4.75. The van der Waals surface area contributed by atoms with Crippen LogP contribution in [-0.4, -0.2) is 19.6 Å². The lowest BCUT2D eigenvalue weighted by atomic mass is 10.0. The summed E-state index contributed by atoms with van der Waals surface area (Å²) in [5, 5.41) is 10.8. The molecule has 2 heterocycles. The molecule has 3 rings (SSSR count). The van der Waals surface area contributed by atoms with Crippen LogP contribution in [0.3, 0.4) is 0 Å². The molecule has 0 saturated heterocycles. The maximum Gasteiger partial charge on any atom is 0.296 e. The second-order valence-electron chi connectivity index (χ2n) is 5.82. The van der Waals surface area contributed by atoms with Crippen molar-refractivity contribution in [1.29, 1.82) is 0 Å². The van der Waals surface area contributed by atoms with Crippen LogP contribution >= 0.6 is 11.6 Å². The van der Waals surface area contributed by atoms with Gasteiger partial charge < -0.3 is 10.8 Å². The topological polar surface area (TPSA) is 77.0 Å². The van der Waals surface area contributed by atoms with E-state index in [1.54, 1.807) is 10.8 Å². The molecule has 0 aliphatic heterocycles. The van der Waals surface area contributed by atoms with Gasteiger partial charge in [0.2, 0.25) is 0 Å². The maximum absolute atomic E-state index is 10.2. The van der Waals surface area contributed by atoms with Gasteiger partial charge in [-0.3, -0.25) is 4.57 Å². The van der Waals surface area contributed by atoms with Crippen LogP contribution in [0.4, 0.5) is 0 Å². The lowest BCUT2D eigenvalue weighted by Gasteiger charge is -2.11. The van der Waals surface area contributed by atoms with Gasteiger partial charge in [0.25, 0.3) is 6.01 Å². The van der Waals surface area contributed by atoms with Gasteiger partial charge in [0.15, 0.2) is 5.65 Å². The number of pyridine rings is 1. The van der Waals surface area contributed by atoms with Crippen LogP contribution in [0.1, 0.15) is 31.7 Å². The lowest BCUT2D eigenvalue weighted by Crippen LogP contribution is -2.00. The molecule has 0 spiro atoms. The van der Waals surface area contributed by atoms with Crippen LogP contribution in [0.2, 0.25) is 5.02 Å². The van der Waals surface area contributed by atoms with Gasteiger partial charge in [-0.2, -0.15) is 4.98 Å². The third-order valence-corrected chi connectivity index (χ3v) is 4.46. The second-order valence-corrected chi connectivity index (χ2v) is 6.23. The zero-order valence-electron chi connectivity index (χ0n) is 13.7. The molecule has 126 valence electrons. The first-order valence-electron chi connectivity index (χ1n) is 8.18. The van der Waals surface area contributed by atoms with E-state index in [2.05, 4.69) is 16.9 Å². The van der Waals surface area contributed by atoms with Crippen molar-refractivity contribution in [2.45, 2.75) is 39.3 Å². The first-order chi connectivity index (χ1) is 11.7. The minimum absolute atomic E-state index is 0.0179. The molecule has 0 saturated carbocycles. The van der Waals surface area contributed by atoms with E-state index in [1.165, 1.54) is 0 Å². The summed E-state index contributed by atoms with van der Waals surface area (Å²) in [5.41, 5.74) is 9.81. The fraction of sp³-hybridized carbons (Fsp3) is 0.333. The summed E-state index contributed by atoms with van der Waals surface area (Å²) in [6, 6.07) is 7.92. The predicted octanol–water partition coefficient (Wildman–Crippen LogP) is 4.11. The van der Waals surface area contributed by atoms with Crippen molar-refractivity contribution < 1.29 is 5.11 Å². The summed E-state index contributed by atoms with van der Waals surface area (Å²) < 4.78 is 1.80. The fourth-order valence-electron chi connectivity index (χ4n) is 2.87. The Hall–Kier alpha value is -2.11. The molecule has 1 aromatic carbocycles. The number of aromatic nitrogens is 3. The Labute approximate surface area is 146 Å². The van der Waals surface area contributed by atoms with Crippen molar-refractivity contribution in [1.82, 2.24) is 14.5 Å². The van der Waals surface area contributed by atoms with Crippen molar-refractivity contribution in [2.75, 3.05) is 0 Å². The van der Waals surface area contributed by atoms with Gasteiger partial charge >= 0.3 is 0 Å². The minimum Gasteiger partial charge on any atom is -0.480 e. The molecule has 0 aliphatic rings. The Kier molecular flexibility index (Phi) is 5.02. The number of nitrogens with zero attached hydrogens (tertiary/aromatic N) is 3. The summed E-state index contributed by atoms with van der Waals surface area (Å²) in [4.78, 5) is 8.45. The van der Waals surface area contributed by atoms with E-state index < -0.39 is 0 Å². The van der Waals surface area contributed by atoms with E-state index in [0.29, 0.717) is 23.8 Å². The molecule has 5 nitrogen and oxygen atoms in total. The van der Waals surface area contributed by atoms with E-state index in [0.717, 1.165) is 41.5 Å². The molecule has 0 aliphatic carbocycles. The number of aryl methyl sites for hydroxylation is 1. The number of halogens is 1. The van der Waals surface area contributed by atoms with Crippen molar-refractivity contribution in [3.8, 4) is 17.1 Å². The fourth-order valence-corrected chi connectivity index (χ4v) is 3.12. The summed E-state index contributed by atoms with van der Waals surface area (Å²) >= 11 is 6.44. The number of imidazole rings is 1. The molecule has 0 amide bonds. The van der Waals surface area contributed by atoms with Crippen LogP contribution < -0.4 is 5.73 Å². The van der Waals surface area contributed by atoms with E-state index in [1.807, 2.05) is 24.3 Å². The first kappa shape index (κ1) is 16.7. The lowest BCUT2D eigenvalue weighted by molar-refractivity contribution is 0.397. The average molecular weight is 345 g/mol. The number of fused-ring (bicyclic) bond motifs is 1. The van der Waals surface area contributed by atoms with Gasteiger partial charge in [-0.15, -0.1) is 0 Å². The predicted molar refractivity (Wildman–Crippen MR) is 97.1 cm³/mol. The Balaban J connectivity index is 2.15. The summed E-state index contributed by atoms with van der Waals surface area (Å²) in [6.45, 7) is 3.33. The molecule has 2 aromatic heterocycles. The third-order valence-electron chi connectivity index (χ3n) is 4.17. The Morgan fingerprint density at radius 3 is 2.62 bits per heavy atom. The van der Waals surface area contributed by atoms with Gasteiger partial charge in [-0.05, 0) is 17.5 Å². The average Bonchev–Trinajstić information content (AvgIpc) is 2.91. The highest BCUT2D eigenvalue weighted by Gasteiger charge is 2.18. The zero-order chi connectivity index (χ0) is 17.1. The highest BCUT2D eigenvalue weighted by atomic mass is 35.5. The SMILES string of the molecule is CCCCCn1c(O)nc2ncc(Cl)c(-c3ccc(CN)cc3)c21. The number of unbranched alkanes of at least 4 members (excludes halogenated alkanes) is 2. The molecule has 0 bridgehead atoms. The molecular formula is C18H21ClN4O. The minimum atomic E-state index is -0.0179. The molecule has 0 fully saturated rings. The number of hydrogen-bond donors (Lipinski definition) is 2. The van der Waals surface area contributed by atoms with Crippen LogP contribution in [0.15, 0.2) is 30.5 Å². The van der Waals surface area contributed by atoms with Crippen molar-refractivity contribution in [2.24, 2.45) is 5.73 Å². The van der Waals surface area contributed by atoms with E-state index in [9.17, 15) is 5.11 Å². The summed E-state index contributed by atoms with van der Waals surface area (Å²) in [5.74, 6) is 0. The van der Waals surface area contributed by atoms with Gasteiger partial charge in [0, 0.05) is 24.8 Å². The molecule has 0 unspecified atom stereocenters. The van der Waals surface area contributed by atoms with Crippen molar-refractivity contribution in [3.63, 3.8) is 0 Å². The number of rotatable bonds is 6. The Morgan fingerprint density at radius 1 is 1.21 bits per heavy atom. The molecule has 3 aromatic rings. The molecule has 0 atom stereocenters. The van der Waals surface area contributed by atoms with E-state index in [4.69, 9.17) is 17.3 Å². The highest BCUT2D eigenvalue weighted by Crippen LogP contribution is 2.36. The van der Waals surface area contributed by atoms with Crippen LogP contribution in [-0.2, 0) is 13.1 Å². The Morgan fingerprint density at radius 2 is 1.96 bits per heavy atom.